The topological polar surface area (TPSA) is 143 Å². The molecule has 1 aromatic carbocycles. The van der Waals surface area contributed by atoms with Gasteiger partial charge in [0.15, 0.2) is 0 Å². The first kappa shape index (κ1) is 52.8. The Morgan fingerprint density at radius 2 is 1.57 bits per heavy atom. The summed E-state index contributed by atoms with van der Waals surface area (Å²) >= 11 is 0. The molecular weight excluding hydrogens is 646 g/mol. The zero-order chi connectivity index (χ0) is 40.0. The summed E-state index contributed by atoms with van der Waals surface area (Å²) in [6.45, 7) is 18.1. The molecule has 7 atom stereocenters. The molecule has 1 aromatic rings. The number of benzene rings is 1. The molecule has 1 amide bonds. The molecule has 0 aromatic heterocycles. The van der Waals surface area contributed by atoms with Crippen molar-refractivity contribution in [2.75, 3.05) is 55.5 Å². The van der Waals surface area contributed by atoms with Crippen LogP contribution in [0.1, 0.15) is 86.6 Å². The maximum atomic E-state index is 10.7. The maximum Gasteiger partial charge on any atom is 0.207 e. The van der Waals surface area contributed by atoms with Crippen LogP contribution < -0.4 is 16.4 Å². The average Bonchev–Trinajstić information content (AvgIpc) is 3.51. The number of carbonyl (C=O) groups excluding carboxylic acids is 4. The van der Waals surface area contributed by atoms with Crippen LogP contribution >= 0.6 is 0 Å². The third-order valence-corrected chi connectivity index (χ3v) is 8.43. The SMILES string of the molecule is CC(C)(C)N.CC(C)C(C=O)NC=O.CCC(C)C(C(CC=O)OC)N(C)C.CNCCc1ccccc1.COC(C(C)C=O)C1CCCN1C. The van der Waals surface area contributed by atoms with Crippen molar-refractivity contribution in [1.82, 2.24) is 20.4 Å². The van der Waals surface area contributed by atoms with Crippen LogP contribution in [0.3, 0.4) is 0 Å². The Bertz CT molecular complexity index is 970. The van der Waals surface area contributed by atoms with Crippen molar-refractivity contribution in [1.29, 1.82) is 0 Å². The molecule has 0 bridgehead atoms. The summed E-state index contributed by atoms with van der Waals surface area (Å²) in [5.41, 5.74) is 6.75. The van der Waals surface area contributed by atoms with Crippen LogP contribution in [0.5, 0.6) is 0 Å². The van der Waals surface area contributed by atoms with E-state index in [1.165, 1.54) is 12.0 Å². The highest BCUT2D eigenvalue weighted by Gasteiger charge is 2.32. The number of amides is 1. The van der Waals surface area contributed by atoms with Crippen molar-refractivity contribution >= 4 is 25.3 Å². The van der Waals surface area contributed by atoms with Crippen molar-refractivity contribution in [3.05, 3.63) is 35.9 Å². The molecule has 51 heavy (non-hydrogen) atoms. The number of hydrogen-bond donors (Lipinski definition) is 3. The van der Waals surface area contributed by atoms with E-state index in [4.69, 9.17) is 15.2 Å². The Kier molecular flexibility index (Phi) is 33.3. The highest BCUT2D eigenvalue weighted by atomic mass is 16.5. The predicted octanol–water partition coefficient (Wildman–Crippen LogP) is 4.65. The fourth-order valence-electron chi connectivity index (χ4n) is 5.45. The number of methoxy groups -OCH3 is 2. The van der Waals surface area contributed by atoms with Gasteiger partial charge < -0.3 is 50.0 Å². The average molecular weight is 724 g/mol. The Morgan fingerprint density at radius 1 is 1.00 bits per heavy atom. The smallest absolute Gasteiger partial charge is 0.207 e. The van der Waals surface area contributed by atoms with Gasteiger partial charge in [0, 0.05) is 44.2 Å². The standard InChI is InChI=1S/C11H23NO2.C10H19NO2.C9H13N.C6H11NO2.C4H11N/c1-6-9(2)11(12(3)4)10(14-5)7-8-13;1-8(7-12)10(13-3)9-5-4-6-11(9)2;1-10-8-7-9-5-3-2-4-6-9;1-5(2)6(3-8)7-4-9;1-4(2,3)5/h8-11H,6-7H2,1-5H3;7-10H,4-6H2,1-3H3;2-6,10H,7-8H2,1H3;3-6H,1-2H3,(H,7,9);5H2,1-3H3. The van der Waals surface area contributed by atoms with Gasteiger partial charge in [0.1, 0.15) is 18.9 Å². The number of aldehydes is 3. The van der Waals surface area contributed by atoms with Crippen molar-refractivity contribution in [2.45, 2.75) is 123 Å². The number of likely N-dealkylation sites (tertiary alicyclic amines) is 1. The summed E-state index contributed by atoms with van der Waals surface area (Å²) in [6.07, 6.45) is 8.33. The number of nitrogens with zero attached hydrogens (tertiary/aromatic N) is 2. The molecule has 11 heteroatoms. The van der Waals surface area contributed by atoms with Crippen LogP contribution in [0.15, 0.2) is 30.3 Å². The fraction of sp³-hybridized carbons (Fsp3) is 0.750. The van der Waals surface area contributed by atoms with Gasteiger partial charge >= 0.3 is 0 Å². The number of hydrogen-bond acceptors (Lipinski definition) is 10. The van der Waals surface area contributed by atoms with E-state index in [2.05, 4.69) is 65.6 Å². The van der Waals surface area contributed by atoms with E-state index in [0.717, 1.165) is 51.2 Å². The normalized spacial score (nSPS) is 17.5. The quantitative estimate of drug-likeness (QED) is 0.183. The van der Waals surface area contributed by atoms with E-state index in [9.17, 15) is 19.2 Å². The van der Waals surface area contributed by atoms with Crippen LogP contribution in [-0.4, -0.2) is 126 Å². The van der Waals surface area contributed by atoms with Gasteiger partial charge in [-0.15, -0.1) is 0 Å². The second-order valence-corrected chi connectivity index (χ2v) is 14.8. The zero-order valence-corrected chi connectivity index (χ0v) is 34.7. The molecule has 1 aliphatic heterocycles. The third kappa shape index (κ3) is 27.7. The molecular formula is C40H77N5O6. The predicted molar refractivity (Wildman–Crippen MR) is 212 cm³/mol. The first-order chi connectivity index (χ1) is 23.9. The van der Waals surface area contributed by atoms with Crippen LogP contribution in [-0.2, 0) is 35.1 Å². The Labute approximate surface area is 312 Å². The molecule has 11 nitrogen and oxygen atoms in total. The molecule has 0 aliphatic carbocycles. The van der Waals surface area contributed by atoms with Crippen LogP contribution in [0.4, 0.5) is 0 Å². The summed E-state index contributed by atoms with van der Waals surface area (Å²) in [5, 5.41) is 5.50. The van der Waals surface area contributed by atoms with Crippen LogP contribution in [0, 0.1) is 17.8 Å². The molecule has 0 saturated carbocycles. The zero-order valence-electron chi connectivity index (χ0n) is 34.7. The lowest BCUT2D eigenvalue weighted by molar-refractivity contribution is -0.116. The molecule has 298 valence electrons. The number of likely N-dealkylation sites (N-methyl/N-ethyl adjacent to an activating group) is 3. The number of ether oxygens (including phenoxy) is 2. The highest BCUT2D eigenvalue weighted by molar-refractivity contribution is 5.63. The van der Waals surface area contributed by atoms with Crippen molar-refractivity contribution in [3.8, 4) is 0 Å². The van der Waals surface area contributed by atoms with Gasteiger partial charge in [-0.3, -0.25) is 4.79 Å². The first-order valence-corrected chi connectivity index (χ1v) is 18.4. The van der Waals surface area contributed by atoms with Crippen LogP contribution in [0.25, 0.3) is 0 Å². The number of nitrogens with two attached hydrogens (primary N) is 1. The molecule has 1 aliphatic rings. The van der Waals surface area contributed by atoms with E-state index >= 15 is 0 Å². The molecule has 7 unspecified atom stereocenters. The Hall–Kier alpha value is -2.54. The van der Waals surface area contributed by atoms with Crippen molar-refractivity contribution < 1.29 is 28.7 Å². The maximum absolute atomic E-state index is 10.7. The van der Waals surface area contributed by atoms with Crippen molar-refractivity contribution in [3.63, 3.8) is 0 Å². The van der Waals surface area contributed by atoms with Gasteiger partial charge in [-0.1, -0.05) is 71.4 Å². The molecule has 4 N–H and O–H groups in total. The lowest BCUT2D eigenvalue weighted by Crippen LogP contribution is -2.44. The highest BCUT2D eigenvalue weighted by Crippen LogP contribution is 2.23. The lowest BCUT2D eigenvalue weighted by atomic mass is 9.92. The number of nitrogens with one attached hydrogen (secondary N) is 2. The van der Waals surface area contributed by atoms with Gasteiger partial charge in [0.05, 0.1) is 18.2 Å². The second-order valence-electron chi connectivity index (χ2n) is 14.8. The molecule has 1 fully saturated rings. The van der Waals surface area contributed by atoms with E-state index < -0.39 is 0 Å². The first-order valence-electron chi connectivity index (χ1n) is 18.4. The monoisotopic (exact) mass is 724 g/mol. The fourth-order valence-corrected chi connectivity index (χ4v) is 5.45. The molecule has 0 spiro atoms. The molecule has 1 saturated heterocycles. The number of rotatable bonds is 18. The van der Waals surface area contributed by atoms with E-state index in [0.29, 0.717) is 30.8 Å². The Balaban J connectivity index is -0.000000583. The minimum atomic E-state index is -0.331. The summed E-state index contributed by atoms with van der Waals surface area (Å²) in [7, 11) is 11.5. The third-order valence-electron chi connectivity index (χ3n) is 8.43. The Morgan fingerprint density at radius 3 is 1.88 bits per heavy atom. The van der Waals surface area contributed by atoms with E-state index in [1.807, 2.05) is 68.8 Å². The van der Waals surface area contributed by atoms with Gasteiger partial charge in [-0.2, -0.15) is 0 Å². The van der Waals surface area contributed by atoms with Gasteiger partial charge in [-0.25, -0.2) is 0 Å². The number of carbonyl (C=O) groups is 4. The van der Waals surface area contributed by atoms with Gasteiger partial charge in [0.2, 0.25) is 6.41 Å². The minimum Gasteiger partial charge on any atom is -0.379 e. The summed E-state index contributed by atoms with van der Waals surface area (Å²) in [6, 6.07) is 10.9. The van der Waals surface area contributed by atoms with Gasteiger partial charge in [-0.05, 0) is 98.7 Å². The van der Waals surface area contributed by atoms with Crippen molar-refractivity contribution in [2.24, 2.45) is 23.5 Å². The minimum absolute atomic E-state index is 0. The van der Waals surface area contributed by atoms with Gasteiger partial charge in [0.25, 0.3) is 0 Å². The molecule has 0 radical (unpaired) electrons. The summed E-state index contributed by atoms with van der Waals surface area (Å²) < 4.78 is 10.7. The van der Waals surface area contributed by atoms with Crippen LogP contribution in [0.2, 0.25) is 0 Å². The largest absolute Gasteiger partial charge is 0.379 e. The summed E-state index contributed by atoms with van der Waals surface area (Å²) in [4.78, 5) is 45.5. The van der Waals surface area contributed by atoms with E-state index in [-0.39, 0.29) is 35.6 Å². The summed E-state index contributed by atoms with van der Waals surface area (Å²) in [5.74, 6) is 0.707. The van der Waals surface area contributed by atoms with E-state index in [1.54, 1.807) is 14.2 Å². The lowest BCUT2D eigenvalue weighted by Gasteiger charge is -2.34. The molecule has 2 rings (SSSR count). The molecule has 1 heterocycles. The second kappa shape index (κ2) is 32.1.